The molecule has 0 saturated heterocycles. The molecule has 0 aromatic carbocycles. The number of hydrogen-bond acceptors (Lipinski definition) is 6. The van der Waals surface area contributed by atoms with E-state index < -0.39 is 14.8 Å². The zero-order valence-corrected chi connectivity index (χ0v) is 13.8. The van der Waals surface area contributed by atoms with Crippen molar-refractivity contribution < 1.29 is 13.3 Å². The van der Waals surface area contributed by atoms with Crippen LogP contribution in [0.15, 0.2) is 10.3 Å². The molecule has 0 amide bonds. The molecule has 1 aromatic rings. The summed E-state index contributed by atoms with van der Waals surface area (Å²) in [5, 5.41) is 14.7. The van der Waals surface area contributed by atoms with Crippen molar-refractivity contribution in [2.45, 2.75) is 49.3 Å². The number of sulfone groups is 1. The summed E-state index contributed by atoms with van der Waals surface area (Å²) in [7, 11) is -3.42. The van der Waals surface area contributed by atoms with E-state index in [1.165, 1.54) is 6.42 Å². The maximum absolute atomic E-state index is 11.6. The molecule has 8 heteroatoms. The summed E-state index contributed by atoms with van der Waals surface area (Å²) >= 11 is 0.955. The highest BCUT2D eigenvalue weighted by Gasteiger charge is 2.26. The van der Waals surface area contributed by atoms with Crippen LogP contribution in [0.3, 0.4) is 0 Å². The second-order valence-electron chi connectivity index (χ2n) is 5.76. The molecular weight excluding hydrogens is 312 g/mol. The van der Waals surface area contributed by atoms with Crippen molar-refractivity contribution >= 4 is 31.9 Å². The number of hydrogen-bond donors (Lipinski definition) is 1. The Kier molecular flexibility index (Phi) is 4.88. The lowest BCUT2D eigenvalue weighted by atomic mass is 10.0. The Bertz CT molecular complexity index is 624. The first kappa shape index (κ1) is 16.2. The van der Waals surface area contributed by atoms with E-state index in [-0.39, 0.29) is 15.9 Å². The molecule has 1 fully saturated rings. The number of thiophene rings is 1. The molecule has 1 N–H and O–H groups in total. The minimum absolute atomic E-state index is 0.0405. The largest absolute Gasteiger partial charge is 0.369 e. The minimum Gasteiger partial charge on any atom is -0.369 e. The lowest BCUT2D eigenvalue weighted by Gasteiger charge is -2.15. The lowest BCUT2D eigenvalue weighted by Crippen LogP contribution is -2.18. The van der Waals surface area contributed by atoms with Gasteiger partial charge < -0.3 is 5.32 Å². The Morgan fingerprint density at radius 2 is 2.05 bits per heavy atom. The highest BCUT2D eigenvalue weighted by Crippen LogP contribution is 2.38. The van der Waals surface area contributed by atoms with Crippen molar-refractivity contribution in [1.29, 1.82) is 0 Å². The van der Waals surface area contributed by atoms with Crippen LogP contribution in [0.1, 0.15) is 39.0 Å². The Labute approximate surface area is 128 Å². The molecule has 1 heterocycles. The van der Waals surface area contributed by atoms with Crippen molar-refractivity contribution in [2.24, 2.45) is 5.92 Å². The zero-order chi connectivity index (χ0) is 15.6. The molecule has 1 aliphatic carbocycles. The molecule has 21 heavy (non-hydrogen) atoms. The van der Waals surface area contributed by atoms with Gasteiger partial charge in [0.25, 0.3) is 0 Å². The zero-order valence-electron chi connectivity index (χ0n) is 12.2. The van der Waals surface area contributed by atoms with Gasteiger partial charge in [0.15, 0.2) is 14.8 Å². The van der Waals surface area contributed by atoms with E-state index in [1.54, 1.807) is 0 Å². The third-order valence-corrected chi connectivity index (χ3v) is 6.70. The van der Waals surface area contributed by atoms with Gasteiger partial charge in [-0.3, -0.25) is 10.1 Å². The highest BCUT2D eigenvalue weighted by atomic mass is 32.2. The lowest BCUT2D eigenvalue weighted by molar-refractivity contribution is -0.383. The van der Waals surface area contributed by atoms with Gasteiger partial charge in [0.1, 0.15) is 4.21 Å². The molecule has 1 aromatic heterocycles. The molecule has 1 saturated carbocycles. The van der Waals surface area contributed by atoms with Crippen LogP contribution >= 0.6 is 11.3 Å². The van der Waals surface area contributed by atoms with Gasteiger partial charge in [0, 0.05) is 18.4 Å². The molecule has 118 valence electrons. The SMILES string of the molecule is CC1CCCC(Nc2sc(S(C)(=O)=O)cc2[N+](=O)[O-])CC1. The van der Waals surface area contributed by atoms with E-state index in [0.29, 0.717) is 10.9 Å². The maximum atomic E-state index is 11.6. The van der Waals surface area contributed by atoms with Crippen LogP contribution in [0, 0.1) is 16.0 Å². The van der Waals surface area contributed by atoms with Crippen molar-refractivity contribution in [3.63, 3.8) is 0 Å². The van der Waals surface area contributed by atoms with E-state index in [2.05, 4.69) is 12.2 Å². The fourth-order valence-electron chi connectivity index (χ4n) is 2.60. The molecular formula is C13H20N2O4S2. The summed E-state index contributed by atoms with van der Waals surface area (Å²) in [4.78, 5) is 10.6. The van der Waals surface area contributed by atoms with Crippen LogP contribution in [0.4, 0.5) is 10.7 Å². The predicted octanol–water partition coefficient (Wildman–Crippen LogP) is 3.44. The molecule has 6 nitrogen and oxygen atoms in total. The molecule has 1 aliphatic rings. The average molecular weight is 332 g/mol. The number of nitrogens with zero attached hydrogens (tertiary/aromatic N) is 1. The van der Waals surface area contributed by atoms with Gasteiger partial charge in [-0.25, -0.2) is 8.42 Å². The van der Waals surface area contributed by atoms with Crippen LogP contribution in [0.5, 0.6) is 0 Å². The van der Waals surface area contributed by atoms with Crippen molar-refractivity contribution in [1.82, 2.24) is 0 Å². The molecule has 0 bridgehead atoms. The molecule has 0 aliphatic heterocycles. The Hall–Kier alpha value is -1.15. The standard InChI is InChI=1S/C13H20N2O4S2/c1-9-4-3-5-10(7-6-9)14-13-11(15(16)17)8-12(20-13)21(2,18)19/h8-10,14H,3-7H2,1-2H3. The van der Waals surface area contributed by atoms with Crippen LogP contribution < -0.4 is 5.32 Å². The summed E-state index contributed by atoms with van der Waals surface area (Å²) in [6.45, 7) is 2.22. The summed E-state index contributed by atoms with van der Waals surface area (Å²) in [6.07, 6.45) is 6.36. The van der Waals surface area contributed by atoms with Crippen molar-refractivity contribution in [3.8, 4) is 0 Å². The number of nitrogens with one attached hydrogen (secondary N) is 1. The van der Waals surface area contributed by atoms with Crippen LogP contribution in [0.2, 0.25) is 0 Å². The predicted molar refractivity (Wildman–Crippen MR) is 83.7 cm³/mol. The van der Waals surface area contributed by atoms with Gasteiger partial charge in [-0.2, -0.15) is 0 Å². The Morgan fingerprint density at radius 1 is 1.33 bits per heavy atom. The first-order valence-electron chi connectivity index (χ1n) is 7.02. The van der Waals surface area contributed by atoms with Crippen LogP contribution in [-0.4, -0.2) is 25.6 Å². The van der Waals surface area contributed by atoms with Gasteiger partial charge in [-0.1, -0.05) is 31.1 Å². The fourth-order valence-corrected chi connectivity index (χ4v) is 4.61. The second kappa shape index (κ2) is 6.31. The maximum Gasteiger partial charge on any atom is 0.304 e. The summed E-state index contributed by atoms with van der Waals surface area (Å²) in [5.74, 6) is 0.682. The second-order valence-corrected chi connectivity index (χ2v) is 9.06. The molecule has 2 atom stereocenters. The summed E-state index contributed by atoms with van der Waals surface area (Å²) in [5.41, 5.74) is -0.141. The number of anilines is 1. The van der Waals surface area contributed by atoms with E-state index in [0.717, 1.165) is 49.3 Å². The van der Waals surface area contributed by atoms with Gasteiger partial charge in [-0.15, -0.1) is 0 Å². The number of nitro groups is 1. The Morgan fingerprint density at radius 3 is 2.67 bits per heavy atom. The van der Waals surface area contributed by atoms with Crippen LogP contribution in [-0.2, 0) is 9.84 Å². The Balaban J connectivity index is 2.22. The normalized spacial score (nSPS) is 23.5. The van der Waals surface area contributed by atoms with Crippen LogP contribution in [0.25, 0.3) is 0 Å². The monoisotopic (exact) mass is 332 g/mol. The van der Waals surface area contributed by atoms with Crippen molar-refractivity contribution in [3.05, 3.63) is 16.2 Å². The minimum atomic E-state index is -3.42. The third-order valence-electron chi connectivity index (χ3n) is 3.84. The van der Waals surface area contributed by atoms with Gasteiger partial charge in [0.2, 0.25) is 0 Å². The fraction of sp³-hybridized carbons (Fsp3) is 0.692. The highest BCUT2D eigenvalue weighted by molar-refractivity contribution is 7.92. The summed E-state index contributed by atoms with van der Waals surface area (Å²) in [6, 6.07) is 1.33. The van der Waals surface area contributed by atoms with E-state index >= 15 is 0 Å². The molecule has 2 rings (SSSR count). The molecule has 2 unspecified atom stereocenters. The first-order valence-corrected chi connectivity index (χ1v) is 9.73. The smallest absolute Gasteiger partial charge is 0.304 e. The topological polar surface area (TPSA) is 89.3 Å². The van der Waals surface area contributed by atoms with E-state index in [4.69, 9.17) is 0 Å². The molecule has 0 radical (unpaired) electrons. The van der Waals surface area contributed by atoms with Crippen molar-refractivity contribution in [2.75, 3.05) is 11.6 Å². The quantitative estimate of drug-likeness (QED) is 0.518. The molecule has 0 spiro atoms. The third kappa shape index (κ3) is 4.16. The van der Waals surface area contributed by atoms with E-state index in [9.17, 15) is 18.5 Å². The van der Waals surface area contributed by atoms with Gasteiger partial charge in [0.05, 0.1) is 4.92 Å². The summed E-state index contributed by atoms with van der Waals surface area (Å²) < 4.78 is 23.2. The van der Waals surface area contributed by atoms with E-state index in [1.807, 2.05) is 0 Å². The first-order chi connectivity index (χ1) is 9.77. The number of rotatable bonds is 4. The van der Waals surface area contributed by atoms with Gasteiger partial charge >= 0.3 is 5.69 Å². The average Bonchev–Trinajstić information content (AvgIpc) is 2.69. The van der Waals surface area contributed by atoms with Gasteiger partial charge in [-0.05, 0) is 25.2 Å².